The highest BCUT2D eigenvalue weighted by molar-refractivity contribution is 4.41. The van der Waals surface area contributed by atoms with Gasteiger partial charge in [0, 0.05) is 13.2 Å². The molecule has 0 N–H and O–H groups in total. The number of hydrogen-bond acceptors (Lipinski definition) is 1. The van der Waals surface area contributed by atoms with Gasteiger partial charge in [-0.25, -0.2) is 0 Å². The van der Waals surface area contributed by atoms with E-state index in [1.807, 2.05) is 0 Å². The topological polar surface area (TPSA) is 9.23 Å². The third-order valence-electron chi connectivity index (χ3n) is 0.577. The molecule has 0 saturated carbocycles. The van der Waals surface area contributed by atoms with Crippen LogP contribution < -0.4 is 0 Å². The van der Waals surface area contributed by atoms with Gasteiger partial charge in [0.15, 0.2) is 0 Å². The van der Waals surface area contributed by atoms with Gasteiger partial charge in [-0.1, -0.05) is 20.8 Å². The van der Waals surface area contributed by atoms with Crippen LogP contribution in [0.2, 0.25) is 0 Å². The lowest BCUT2D eigenvalue weighted by Gasteiger charge is -2.09. The van der Waals surface area contributed by atoms with Gasteiger partial charge in [-0.05, 0) is 12.3 Å². The molecule has 0 aliphatic carbocycles. The molecule has 0 aromatic carbocycles. The smallest absolute Gasteiger partial charge is 0.0488 e. The molecule has 1 nitrogen and oxygen atoms in total. The second-order valence-corrected chi connectivity index (χ2v) is 2.70. The zero-order valence-corrected chi connectivity index (χ0v) is 6.11. The van der Waals surface area contributed by atoms with Gasteiger partial charge in [0.2, 0.25) is 0 Å². The minimum Gasteiger partial charge on any atom is -0.381 e. The average Bonchev–Trinajstić information content (AvgIpc) is 1.19. The highest BCUT2D eigenvalue weighted by Crippen LogP contribution is 1.93. The zero-order valence-electron chi connectivity index (χ0n) is 6.11. The van der Waals surface area contributed by atoms with Crippen molar-refractivity contribution in [2.24, 2.45) is 5.92 Å². The van der Waals surface area contributed by atoms with Crippen LogP contribution in [0.5, 0.6) is 0 Å². The summed E-state index contributed by atoms with van der Waals surface area (Å²) in [5.41, 5.74) is 0. The number of rotatable bonds is 0. The first-order valence-corrected chi connectivity index (χ1v) is 3.31. The Kier molecular flexibility index (Phi) is 5.08. The minimum atomic E-state index is 0.833. The van der Waals surface area contributed by atoms with Gasteiger partial charge in [-0.3, -0.25) is 0 Å². The Balaban J connectivity index is 0.000000122. The maximum Gasteiger partial charge on any atom is 0.0488 e. The van der Waals surface area contributed by atoms with E-state index in [0.717, 1.165) is 19.1 Å². The first-order chi connectivity index (χ1) is 3.73. The van der Waals surface area contributed by atoms with E-state index in [-0.39, 0.29) is 0 Å². The van der Waals surface area contributed by atoms with Crippen LogP contribution in [0.1, 0.15) is 27.2 Å². The Morgan fingerprint density at radius 2 is 1.25 bits per heavy atom. The van der Waals surface area contributed by atoms with Gasteiger partial charge in [-0.15, -0.1) is 0 Å². The fraction of sp³-hybridized carbons (Fsp3) is 1.00. The Morgan fingerprint density at radius 1 is 1.12 bits per heavy atom. The van der Waals surface area contributed by atoms with E-state index in [0.29, 0.717) is 0 Å². The molecular formula is C7H16O. The first kappa shape index (κ1) is 7.96. The Bertz CT molecular complexity index is 30.9. The van der Waals surface area contributed by atoms with Crippen LogP contribution in [0.15, 0.2) is 0 Å². The van der Waals surface area contributed by atoms with Gasteiger partial charge in [0.1, 0.15) is 0 Å². The normalized spacial score (nSPS) is 16.5. The Morgan fingerprint density at radius 3 is 1.25 bits per heavy atom. The van der Waals surface area contributed by atoms with Crippen LogP contribution in [-0.4, -0.2) is 13.2 Å². The van der Waals surface area contributed by atoms with Crippen molar-refractivity contribution in [2.75, 3.05) is 13.2 Å². The summed E-state index contributed by atoms with van der Waals surface area (Å²) in [6.07, 6.45) is 1.28. The maximum absolute atomic E-state index is 4.72. The van der Waals surface area contributed by atoms with Gasteiger partial charge in [-0.2, -0.15) is 0 Å². The third-order valence-corrected chi connectivity index (χ3v) is 0.577. The monoisotopic (exact) mass is 116 g/mol. The van der Waals surface area contributed by atoms with E-state index in [1.165, 1.54) is 6.42 Å². The SMILES string of the molecule is C1COC1.CC(C)C. The molecule has 0 bridgehead atoms. The molecule has 1 rings (SSSR count). The molecule has 8 heavy (non-hydrogen) atoms. The molecule has 1 aliphatic rings. The summed E-state index contributed by atoms with van der Waals surface area (Å²) >= 11 is 0. The van der Waals surface area contributed by atoms with Crippen LogP contribution in [0.25, 0.3) is 0 Å². The highest BCUT2D eigenvalue weighted by Gasteiger charge is 1.94. The number of ether oxygens (including phenoxy) is 1. The molecular weight excluding hydrogens is 100 g/mol. The molecule has 50 valence electrons. The second-order valence-electron chi connectivity index (χ2n) is 2.70. The lowest BCUT2D eigenvalue weighted by Crippen LogP contribution is -2.09. The predicted octanol–water partition coefficient (Wildman–Crippen LogP) is 2.07. The minimum absolute atomic E-state index is 0.833. The third kappa shape index (κ3) is 9.35. The Hall–Kier alpha value is -0.0400. The van der Waals surface area contributed by atoms with Crippen molar-refractivity contribution in [3.63, 3.8) is 0 Å². The summed E-state index contributed by atoms with van der Waals surface area (Å²) in [4.78, 5) is 0. The quantitative estimate of drug-likeness (QED) is 0.470. The lowest BCUT2D eigenvalue weighted by molar-refractivity contribution is 0.0367. The van der Waals surface area contributed by atoms with Gasteiger partial charge >= 0.3 is 0 Å². The molecule has 1 saturated heterocycles. The summed E-state index contributed by atoms with van der Waals surface area (Å²) in [7, 11) is 0. The molecule has 1 heteroatoms. The summed E-state index contributed by atoms with van der Waals surface area (Å²) < 4.78 is 4.72. The van der Waals surface area contributed by atoms with Crippen molar-refractivity contribution in [2.45, 2.75) is 27.2 Å². The molecule has 0 atom stereocenters. The van der Waals surface area contributed by atoms with Crippen LogP contribution in [0, 0.1) is 5.92 Å². The molecule has 0 aromatic rings. The van der Waals surface area contributed by atoms with Crippen LogP contribution >= 0.6 is 0 Å². The summed E-state index contributed by atoms with van der Waals surface area (Å²) in [5, 5.41) is 0. The maximum atomic E-state index is 4.72. The second kappa shape index (κ2) is 5.10. The van der Waals surface area contributed by atoms with Gasteiger partial charge in [0.25, 0.3) is 0 Å². The van der Waals surface area contributed by atoms with Crippen LogP contribution in [0.3, 0.4) is 0 Å². The van der Waals surface area contributed by atoms with Crippen molar-refractivity contribution < 1.29 is 4.74 Å². The van der Waals surface area contributed by atoms with Crippen molar-refractivity contribution >= 4 is 0 Å². The summed E-state index contributed by atoms with van der Waals surface area (Å²) in [6, 6.07) is 0. The zero-order chi connectivity index (χ0) is 6.41. The molecule has 0 unspecified atom stereocenters. The Labute approximate surface area is 52.0 Å². The number of hydrogen-bond donors (Lipinski definition) is 0. The molecule has 1 heterocycles. The van der Waals surface area contributed by atoms with Crippen LogP contribution in [-0.2, 0) is 4.74 Å². The molecule has 0 aromatic heterocycles. The van der Waals surface area contributed by atoms with Crippen LogP contribution in [0.4, 0.5) is 0 Å². The standard InChI is InChI=1S/C4H10.C3H6O/c1-4(2)3;1-2-4-3-1/h4H,1-3H3;1-3H2. The van der Waals surface area contributed by atoms with E-state index in [9.17, 15) is 0 Å². The van der Waals surface area contributed by atoms with Crippen molar-refractivity contribution in [3.8, 4) is 0 Å². The van der Waals surface area contributed by atoms with E-state index in [4.69, 9.17) is 4.74 Å². The summed E-state index contributed by atoms with van der Waals surface area (Å²) in [6.45, 7) is 8.50. The highest BCUT2D eigenvalue weighted by atomic mass is 16.5. The predicted molar refractivity (Wildman–Crippen MR) is 35.9 cm³/mol. The molecule has 1 aliphatic heterocycles. The van der Waals surface area contributed by atoms with Crippen molar-refractivity contribution in [3.05, 3.63) is 0 Å². The molecule has 0 amide bonds. The van der Waals surface area contributed by atoms with Crippen molar-refractivity contribution in [1.82, 2.24) is 0 Å². The van der Waals surface area contributed by atoms with E-state index >= 15 is 0 Å². The lowest BCUT2D eigenvalue weighted by atomic mass is 10.3. The fourth-order valence-electron chi connectivity index (χ4n) is 0.144. The molecule has 0 radical (unpaired) electrons. The van der Waals surface area contributed by atoms with E-state index < -0.39 is 0 Å². The fourth-order valence-corrected chi connectivity index (χ4v) is 0.144. The van der Waals surface area contributed by atoms with Gasteiger partial charge in [0.05, 0.1) is 0 Å². The van der Waals surface area contributed by atoms with Crippen molar-refractivity contribution in [1.29, 1.82) is 0 Å². The summed E-state index contributed by atoms with van der Waals surface area (Å²) in [5.74, 6) is 0.833. The van der Waals surface area contributed by atoms with E-state index in [2.05, 4.69) is 20.8 Å². The molecule has 0 spiro atoms. The average molecular weight is 116 g/mol. The largest absolute Gasteiger partial charge is 0.381 e. The van der Waals surface area contributed by atoms with E-state index in [1.54, 1.807) is 0 Å². The first-order valence-electron chi connectivity index (χ1n) is 3.31. The molecule has 1 fully saturated rings. The van der Waals surface area contributed by atoms with Gasteiger partial charge < -0.3 is 4.74 Å².